The minimum Gasteiger partial charge on any atom is -0.507 e. The molecule has 2 fully saturated rings. The van der Waals surface area contributed by atoms with Gasteiger partial charge in [0.25, 0.3) is 0 Å². The lowest BCUT2D eigenvalue weighted by molar-refractivity contribution is 0.474. The highest BCUT2D eigenvalue weighted by atomic mass is 16.3. The van der Waals surface area contributed by atoms with Crippen molar-refractivity contribution in [2.75, 3.05) is 0 Å². The van der Waals surface area contributed by atoms with Gasteiger partial charge in [-0.2, -0.15) is 0 Å². The first kappa shape index (κ1) is 16.4. The number of para-hydroxylation sites is 2. The zero-order valence-electron chi connectivity index (χ0n) is 14.8. The Labute approximate surface area is 150 Å². The van der Waals surface area contributed by atoms with Gasteiger partial charge in [-0.25, -0.2) is 0 Å². The van der Waals surface area contributed by atoms with Gasteiger partial charge in [0.15, 0.2) is 0 Å². The zero-order valence-corrected chi connectivity index (χ0v) is 14.8. The first-order valence-corrected chi connectivity index (χ1v) is 9.78. The fourth-order valence-electron chi connectivity index (χ4n) is 4.59. The van der Waals surface area contributed by atoms with Crippen LogP contribution in [-0.2, 0) is 0 Å². The third-order valence-corrected chi connectivity index (χ3v) is 5.96. The van der Waals surface area contributed by atoms with Gasteiger partial charge in [0.05, 0.1) is 5.69 Å². The monoisotopic (exact) mass is 333 g/mol. The van der Waals surface area contributed by atoms with Crippen molar-refractivity contribution in [2.45, 2.75) is 63.2 Å². The lowest BCUT2D eigenvalue weighted by Crippen LogP contribution is -2.00. The van der Waals surface area contributed by atoms with Crippen LogP contribution >= 0.6 is 0 Å². The summed E-state index contributed by atoms with van der Waals surface area (Å²) in [5.41, 5.74) is 4.83. The smallest absolute Gasteiger partial charge is 0.124 e. The number of rotatable bonds is 4. The van der Waals surface area contributed by atoms with E-state index in [2.05, 4.69) is 18.2 Å². The Morgan fingerprint density at radius 1 is 0.760 bits per heavy atom. The maximum Gasteiger partial charge on any atom is 0.124 e. The fraction of sp³-hybridized carbons (Fsp3) is 0.435. The molecule has 0 spiro atoms. The second kappa shape index (κ2) is 7.43. The number of phenols is 1. The maximum absolute atomic E-state index is 10.1. The summed E-state index contributed by atoms with van der Waals surface area (Å²) in [6.45, 7) is 0. The fourth-order valence-corrected chi connectivity index (χ4v) is 4.59. The van der Waals surface area contributed by atoms with Gasteiger partial charge < -0.3 is 5.11 Å². The molecule has 2 saturated carbocycles. The summed E-state index contributed by atoms with van der Waals surface area (Å²) in [5, 5.41) is 10.1. The van der Waals surface area contributed by atoms with E-state index < -0.39 is 0 Å². The van der Waals surface area contributed by atoms with Crippen LogP contribution in [0, 0.1) is 0 Å². The summed E-state index contributed by atoms with van der Waals surface area (Å²) >= 11 is 0. The summed E-state index contributed by atoms with van der Waals surface area (Å²) in [4.78, 5) is 4.94. The van der Waals surface area contributed by atoms with Crippen molar-refractivity contribution in [3.63, 3.8) is 0 Å². The standard InChI is InChI=1S/C23H27NO/c25-22-15-6-5-12-19(22)16-24-23-20(17-8-1-2-9-17)13-7-14-21(23)18-10-3-4-11-18/h5-7,12-18,25H,1-4,8-11H2. The molecule has 0 bridgehead atoms. The van der Waals surface area contributed by atoms with Crippen LogP contribution in [0.4, 0.5) is 5.69 Å². The normalized spacial score (nSPS) is 19.2. The van der Waals surface area contributed by atoms with Crippen LogP contribution in [0.25, 0.3) is 0 Å². The lowest BCUT2D eigenvalue weighted by atomic mass is 9.88. The zero-order chi connectivity index (χ0) is 17.1. The van der Waals surface area contributed by atoms with Gasteiger partial charge in [0, 0.05) is 11.8 Å². The van der Waals surface area contributed by atoms with Gasteiger partial charge in [-0.15, -0.1) is 0 Å². The largest absolute Gasteiger partial charge is 0.507 e. The third kappa shape index (κ3) is 3.49. The summed E-state index contributed by atoms with van der Waals surface area (Å²) in [6, 6.07) is 14.2. The summed E-state index contributed by atoms with van der Waals surface area (Å²) in [6.07, 6.45) is 12.3. The molecule has 0 unspecified atom stereocenters. The SMILES string of the molecule is Oc1ccccc1C=Nc1c(C2CCCC2)cccc1C1CCCC1. The average Bonchev–Trinajstić information content (AvgIpc) is 3.34. The number of nitrogens with zero attached hydrogens (tertiary/aromatic N) is 1. The van der Waals surface area contributed by atoms with Gasteiger partial charge in [-0.05, 0) is 60.8 Å². The van der Waals surface area contributed by atoms with Crippen LogP contribution in [0.15, 0.2) is 47.5 Å². The van der Waals surface area contributed by atoms with Crippen LogP contribution in [0.2, 0.25) is 0 Å². The second-order valence-corrected chi connectivity index (χ2v) is 7.56. The van der Waals surface area contributed by atoms with E-state index in [9.17, 15) is 5.11 Å². The molecule has 2 aromatic carbocycles. The second-order valence-electron chi connectivity index (χ2n) is 7.56. The van der Waals surface area contributed by atoms with Gasteiger partial charge in [-0.1, -0.05) is 56.0 Å². The first-order chi connectivity index (χ1) is 12.3. The number of hydrogen-bond donors (Lipinski definition) is 1. The Morgan fingerprint density at radius 2 is 1.32 bits per heavy atom. The maximum atomic E-state index is 10.1. The van der Waals surface area contributed by atoms with Crippen molar-refractivity contribution < 1.29 is 5.11 Å². The average molecular weight is 333 g/mol. The molecule has 2 aromatic rings. The van der Waals surface area contributed by atoms with E-state index in [0.717, 1.165) is 5.56 Å². The van der Waals surface area contributed by atoms with Crippen molar-refractivity contribution in [2.24, 2.45) is 4.99 Å². The van der Waals surface area contributed by atoms with Gasteiger partial charge in [0.2, 0.25) is 0 Å². The number of phenolic OH excluding ortho intramolecular Hbond substituents is 1. The van der Waals surface area contributed by atoms with Crippen LogP contribution in [-0.4, -0.2) is 11.3 Å². The Morgan fingerprint density at radius 3 is 1.88 bits per heavy atom. The molecule has 0 radical (unpaired) electrons. The van der Waals surface area contributed by atoms with E-state index in [1.54, 1.807) is 6.07 Å². The Balaban J connectivity index is 1.75. The van der Waals surface area contributed by atoms with Gasteiger partial charge in [-0.3, -0.25) is 4.99 Å². The van der Waals surface area contributed by atoms with Crippen LogP contribution in [0.5, 0.6) is 5.75 Å². The molecular weight excluding hydrogens is 306 g/mol. The van der Waals surface area contributed by atoms with Crippen molar-refractivity contribution in [1.82, 2.24) is 0 Å². The minimum atomic E-state index is 0.298. The van der Waals surface area contributed by atoms with Gasteiger partial charge >= 0.3 is 0 Å². The quantitative estimate of drug-likeness (QED) is 0.640. The molecule has 1 N–H and O–H groups in total. The number of hydrogen-bond acceptors (Lipinski definition) is 2. The number of aliphatic imine (C=N–C) groups is 1. The molecule has 4 rings (SSSR count). The molecule has 0 amide bonds. The van der Waals surface area contributed by atoms with E-state index in [1.807, 2.05) is 24.4 Å². The predicted molar refractivity (Wildman–Crippen MR) is 104 cm³/mol. The summed E-state index contributed by atoms with van der Waals surface area (Å²) < 4.78 is 0. The topological polar surface area (TPSA) is 32.6 Å². The molecule has 0 heterocycles. The molecule has 2 heteroatoms. The summed E-state index contributed by atoms with van der Waals surface area (Å²) in [7, 11) is 0. The van der Waals surface area contributed by atoms with Crippen molar-refractivity contribution >= 4 is 11.9 Å². The number of benzene rings is 2. The molecule has 25 heavy (non-hydrogen) atoms. The molecule has 0 saturated heterocycles. The van der Waals surface area contributed by atoms with Crippen molar-refractivity contribution in [3.05, 3.63) is 59.2 Å². The van der Waals surface area contributed by atoms with Crippen LogP contribution in [0.1, 0.15) is 79.9 Å². The molecule has 130 valence electrons. The van der Waals surface area contributed by atoms with Crippen LogP contribution < -0.4 is 0 Å². The summed E-state index contributed by atoms with van der Waals surface area (Å²) in [5.74, 6) is 1.60. The molecule has 2 nitrogen and oxygen atoms in total. The lowest BCUT2D eigenvalue weighted by Gasteiger charge is -2.19. The molecule has 0 atom stereocenters. The van der Waals surface area contributed by atoms with E-state index in [0.29, 0.717) is 17.6 Å². The van der Waals surface area contributed by atoms with E-state index in [-0.39, 0.29) is 0 Å². The Hall–Kier alpha value is -2.09. The molecule has 2 aliphatic rings. The van der Waals surface area contributed by atoms with Crippen molar-refractivity contribution in [1.29, 1.82) is 0 Å². The Kier molecular flexibility index (Phi) is 4.87. The van der Waals surface area contributed by atoms with E-state index in [1.165, 1.54) is 68.2 Å². The highest BCUT2D eigenvalue weighted by molar-refractivity contribution is 5.86. The van der Waals surface area contributed by atoms with E-state index >= 15 is 0 Å². The van der Waals surface area contributed by atoms with Crippen molar-refractivity contribution in [3.8, 4) is 5.75 Å². The number of aromatic hydroxyl groups is 1. The highest BCUT2D eigenvalue weighted by Crippen LogP contribution is 2.45. The van der Waals surface area contributed by atoms with E-state index in [4.69, 9.17) is 4.99 Å². The molecule has 0 aliphatic heterocycles. The first-order valence-electron chi connectivity index (χ1n) is 9.78. The van der Waals surface area contributed by atoms with Gasteiger partial charge in [0.1, 0.15) is 5.75 Å². The highest BCUT2D eigenvalue weighted by Gasteiger charge is 2.25. The third-order valence-electron chi connectivity index (χ3n) is 5.96. The predicted octanol–water partition coefficient (Wildman–Crippen LogP) is 6.46. The molecule has 2 aliphatic carbocycles. The molecular formula is C23H27NO. The minimum absolute atomic E-state index is 0.298. The Bertz CT molecular complexity index is 718. The van der Waals surface area contributed by atoms with Crippen LogP contribution in [0.3, 0.4) is 0 Å². The molecule has 0 aromatic heterocycles.